The van der Waals surface area contributed by atoms with Crippen LogP contribution in [0.15, 0.2) is 46.1 Å². The van der Waals surface area contributed by atoms with Crippen molar-refractivity contribution in [3.05, 3.63) is 46.1 Å². The zero-order chi connectivity index (χ0) is 39.6. The maximum Gasteiger partial charge on any atom is 0.313 e. The highest BCUT2D eigenvalue weighted by molar-refractivity contribution is 6.02. The first-order valence-corrected chi connectivity index (χ1v) is 19.3. The molecule has 0 aromatic carbocycles. The Labute approximate surface area is 315 Å². The van der Waals surface area contributed by atoms with E-state index in [1.165, 1.54) is 14.0 Å². The zero-order valence-electron chi connectivity index (χ0n) is 33.5. The molecular weight excluding hydrogens is 676 g/mol. The van der Waals surface area contributed by atoms with Crippen molar-refractivity contribution in [1.82, 2.24) is 0 Å². The minimum atomic E-state index is -1.73. The third kappa shape index (κ3) is 9.03. The quantitative estimate of drug-likeness (QED) is 0.238. The number of fused-ring (bicyclic) bond motifs is 5. The van der Waals surface area contributed by atoms with Crippen molar-refractivity contribution >= 4 is 29.3 Å². The van der Waals surface area contributed by atoms with Crippen LogP contribution in [-0.2, 0) is 38.2 Å². The average molecular weight is 739 g/mol. The molecule has 10 heteroatoms. The van der Waals surface area contributed by atoms with E-state index in [1.54, 1.807) is 26.8 Å². The summed E-state index contributed by atoms with van der Waals surface area (Å²) < 4.78 is 17.9. The van der Waals surface area contributed by atoms with E-state index in [1.807, 2.05) is 46.8 Å². The largest absolute Gasteiger partial charge is 0.469 e. The topological polar surface area (TPSA) is 154 Å². The van der Waals surface area contributed by atoms with Crippen LogP contribution in [0, 0.1) is 29.1 Å². The molecule has 53 heavy (non-hydrogen) atoms. The van der Waals surface area contributed by atoms with Gasteiger partial charge in [0.2, 0.25) is 0 Å². The van der Waals surface area contributed by atoms with Gasteiger partial charge in [-0.3, -0.25) is 24.0 Å². The summed E-state index contributed by atoms with van der Waals surface area (Å²) in [7, 11) is 1.26. The minimum Gasteiger partial charge on any atom is -0.469 e. The van der Waals surface area contributed by atoms with Gasteiger partial charge in [0.05, 0.1) is 30.3 Å². The van der Waals surface area contributed by atoms with E-state index in [9.17, 15) is 34.2 Å². The third-order valence-electron chi connectivity index (χ3n) is 12.6. The Bertz CT molecular complexity index is 1590. The van der Waals surface area contributed by atoms with Crippen molar-refractivity contribution in [3.63, 3.8) is 0 Å². The maximum absolute atomic E-state index is 14.8. The molecule has 9 atom stereocenters. The second kappa shape index (κ2) is 16.7. The number of esters is 2. The van der Waals surface area contributed by atoms with Crippen molar-refractivity contribution < 1.29 is 48.4 Å². The summed E-state index contributed by atoms with van der Waals surface area (Å²) in [6.45, 7) is 15.7. The molecule has 2 N–H and O–H groups in total. The fourth-order valence-electron chi connectivity index (χ4n) is 9.14. The summed E-state index contributed by atoms with van der Waals surface area (Å²) >= 11 is 0. The molecule has 0 unspecified atom stereocenters. The molecular formula is C43H62O10. The van der Waals surface area contributed by atoms with Crippen LogP contribution in [0.1, 0.15) is 127 Å². The molecule has 1 saturated heterocycles. The van der Waals surface area contributed by atoms with E-state index in [0.29, 0.717) is 49.7 Å². The van der Waals surface area contributed by atoms with Crippen molar-refractivity contribution in [2.24, 2.45) is 29.1 Å². The molecule has 0 radical (unpaired) electrons. The molecule has 4 aliphatic rings. The molecule has 0 aromatic rings. The number of ether oxygens (including phenoxy) is 3. The molecule has 1 fully saturated rings. The number of hydrogen-bond acceptors (Lipinski definition) is 10. The summed E-state index contributed by atoms with van der Waals surface area (Å²) in [5, 5.41) is 23.6. The molecule has 2 heterocycles. The van der Waals surface area contributed by atoms with E-state index in [0.717, 1.165) is 16.7 Å². The second-order valence-electron chi connectivity index (χ2n) is 17.1. The van der Waals surface area contributed by atoms with E-state index >= 15 is 0 Å². The molecule has 10 nitrogen and oxygen atoms in total. The predicted octanol–water partition coefficient (Wildman–Crippen LogP) is 6.66. The van der Waals surface area contributed by atoms with Crippen LogP contribution in [-0.4, -0.2) is 76.1 Å². The van der Waals surface area contributed by atoms with Crippen LogP contribution in [0.25, 0.3) is 0 Å². The molecule has 0 aromatic heterocycles. The fraction of sp³-hybridized carbons (Fsp3) is 0.698. The Hall–Kier alpha value is -3.21. The van der Waals surface area contributed by atoms with E-state index in [-0.39, 0.29) is 49.0 Å². The normalized spacial score (nSPS) is 39.7. The van der Waals surface area contributed by atoms with Gasteiger partial charge in [0, 0.05) is 43.9 Å². The Kier molecular flexibility index (Phi) is 13.4. The number of rotatable bonds is 3. The van der Waals surface area contributed by atoms with Crippen LogP contribution in [0.3, 0.4) is 0 Å². The number of methoxy groups -OCH3 is 1. The summed E-state index contributed by atoms with van der Waals surface area (Å²) in [5.74, 6) is -4.86. The summed E-state index contributed by atoms with van der Waals surface area (Å²) in [5.41, 5.74) is -0.945. The molecule has 2 bridgehead atoms. The second-order valence-corrected chi connectivity index (χ2v) is 17.1. The summed E-state index contributed by atoms with van der Waals surface area (Å²) in [6, 6.07) is 0. The van der Waals surface area contributed by atoms with Crippen LogP contribution < -0.4 is 0 Å². The van der Waals surface area contributed by atoms with Gasteiger partial charge in [0.15, 0.2) is 11.6 Å². The number of Topliss-reactive ketones (excluding diaryl/α,β-unsaturated/α-hetero) is 2. The standard InChI is InChI=1S/C43H62O10/c1-24(2)30-21-34(45)27(5)13-11-12-25(3)19-35(46)33-20-28(6)31-22-39(52-29(7)44)42(9,50)38-16-17-41(8,49)37(53-38)15-14-26(4)18-32(31)43(33,23-36(30)47)40(48)51-10/h13,18-19,24,30,32-33,37-39,49-50H,11-12,14-17,20-23H2,1-10H3/b25-19+,26-18+,27-13+/t30-,32-,33+,37-,38+,39-,41+,42+,43-/m0/s1. The van der Waals surface area contributed by atoms with E-state index < -0.39 is 64.6 Å². The lowest BCUT2D eigenvalue weighted by molar-refractivity contribution is -0.239. The smallest absolute Gasteiger partial charge is 0.313 e. The number of ketones is 3. The molecule has 4 rings (SSSR count). The third-order valence-corrected chi connectivity index (χ3v) is 12.6. The SMILES string of the molecule is COC(=O)[C@]12CC(=O)[C@H](C(C)C)CC(=O)/C(C)=C/CC/C(C)=C/C(=O)[C@H]1CC(C)=C1C[C@H](OC(C)=O)[C@](C)(O)[C@H]3CC[C@@](C)(O)[C@H](CC/C(C)=C/[C@@H]12)O3. The molecule has 2 aliphatic heterocycles. The van der Waals surface area contributed by atoms with E-state index in [2.05, 4.69) is 0 Å². The fourth-order valence-corrected chi connectivity index (χ4v) is 9.14. The van der Waals surface area contributed by atoms with Gasteiger partial charge in [0.1, 0.15) is 17.5 Å². The van der Waals surface area contributed by atoms with Crippen LogP contribution in [0.5, 0.6) is 0 Å². The lowest BCUT2D eigenvalue weighted by atomic mass is 9.53. The van der Waals surface area contributed by atoms with Gasteiger partial charge in [-0.05, 0) is 104 Å². The van der Waals surface area contributed by atoms with Crippen molar-refractivity contribution in [2.45, 2.75) is 156 Å². The Morgan fingerprint density at radius 3 is 2.25 bits per heavy atom. The Balaban J connectivity index is 2.05. The van der Waals surface area contributed by atoms with Crippen molar-refractivity contribution in [2.75, 3.05) is 7.11 Å². The number of carbonyl (C=O) groups is 5. The molecule has 0 amide bonds. The number of carbonyl (C=O) groups excluding carboxylic acids is 5. The van der Waals surface area contributed by atoms with Crippen molar-refractivity contribution in [3.8, 4) is 0 Å². The molecule has 294 valence electrons. The number of allylic oxidation sites excluding steroid dienone is 7. The lowest BCUT2D eigenvalue weighted by Gasteiger charge is -2.50. The summed E-state index contributed by atoms with van der Waals surface area (Å²) in [6.07, 6.45) is 5.18. The predicted molar refractivity (Wildman–Crippen MR) is 200 cm³/mol. The molecule has 2 aliphatic carbocycles. The van der Waals surface area contributed by atoms with Crippen molar-refractivity contribution in [1.29, 1.82) is 0 Å². The maximum atomic E-state index is 14.8. The highest BCUT2D eigenvalue weighted by Gasteiger charge is 2.60. The lowest BCUT2D eigenvalue weighted by Crippen LogP contribution is -2.59. The first kappa shape index (κ1) is 42.5. The van der Waals surface area contributed by atoms with E-state index in [4.69, 9.17) is 14.2 Å². The van der Waals surface area contributed by atoms with Crippen LogP contribution >= 0.6 is 0 Å². The van der Waals surface area contributed by atoms with Gasteiger partial charge in [-0.2, -0.15) is 0 Å². The van der Waals surface area contributed by atoms with Crippen LogP contribution in [0.2, 0.25) is 0 Å². The zero-order valence-corrected chi connectivity index (χ0v) is 33.5. The minimum absolute atomic E-state index is 0.00736. The average Bonchev–Trinajstić information content (AvgIpc) is 3.06. The highest BCUT2D eigenvalue weighted by atomic mass is 16.6. The summed E-state index contributed by atoms with van der Waals surface area (Å²) in [4.78, 5) is 70.3. The first-order valence-electron chi connectivity index (χ1n) is 19.3. The van der Waals surface area contributed by atoms with Gasteiger partial charge < -0.3 is 24.4 Å². The van der Waals surface area contributed by atoms with Crippen LogP contribution in [0.4, 0.5) is 0 Å². The van der Waals surface area contributed by atoms with Gasteiger partial charge in [-0.25, -0.2) is 0 Å². The monoisotopic (exact) mass is 738 g/mol. The first-order chi connectivity index (χ1) is 24.6. The number of hydrogen-bond donors (Lipinski definition) is 2. The van der Waals surface area contributed by atoms with Gasteiger partial charge in [-0.1, -0.05) is 48.3 Å². The van der Waals surface area contributed by atoms with Gasteiger partial charge in [-0.15, -0.1) is 0 Å². The Morgan fingerprint density at radius 2 is 1.62 bits per heavy atom. The number of aliphatic hydroxyl groups is 2. The molecule has 0 spiro atoms. The molecule has 0 saturated carbocycles. The highest BCUT2D eigenvalue weighted by Crippen LogP contribution is 2.56. The Morgan fingerprint density at radius 1 is 0.943 bits per heavy atom. The van der Waals surface area contributed by atoms with Gasteiger partial charge in [0.25, 0.3) is 0 Å². The van der Waals surface area contributed by atoms with Gasteiger partial charge >= 0.3 is 11.9 Å².